The summed E-state index contributed by atoms with van der Waals surface area (Å²) in [6, 6.07) is 5.55. The van der Waals surface area contributed by atoms with Gasteiger partial charge >= 0.3 is 6.18 Å². The Morgan fingerprint density at radius 2 is 1.65 bits per heavy atom. The van der Waals surface area contributed by atoms with Gasteiger partial charge in [0.2, 0.25) is 5.95 Å². The fraction of sp³-hybridized carbons (Fsp3) is 0.312. The molecular formula is C16H14F3N5O2. The van der Waals surface area contributed by atoms with Crippen molar-refractivity contribution in [1.29, 1.82) is 0 Å². The first kappa shape index (κ1) is 16.6. The molecule has 1 aromatic heterocycles. The van der Waals surface area contributed by atoms with Crippen molar-refractivity contribution in [2.75, 3.05) is 22.9 Å². The largest absolute Gasteiger partial charge is 0.416 e. The standard InChI is InChI=1S/C16H14F3N5O2/c17-16(18,19)10-1-3-11(4-2-10)23-7-13-12(23)8-24(13)15-20-5-9(6-21-15)14(25)22-26/h1-6,12-13,26H,7-8H2,(H,22,25)/t12-,13?/m1/s1. The van der Waals surface area contributed by atoms with Gasteiger partial charge in [0, 0.05) is 31.2 Å². The first-order valence-corrected chi connectivity index (χ1v) is 7.85. The van der Waals surface area contributed by atoms with Gasteiger partial charge in [0.25, 0.3) is 5.91 Å². The van der Waals surface area contributed by atoms with E-state index in [0.29, 0.717) is 19.0 Å². The van der Waals surface area contributed by atoms with Crippen LogP contribution in [0.3, 0.4) is 0 Å². The number of benzene rings is 1. The van der Waals surface area contributed by atoms with Crippen LogP contribution in [0.2, 0.25) is 0 Å². The highest BCUT2D eigenvalue weighted by atomic mass is 19.4. The van der Waals surface area contributed by atoms with Crippen molar-refractivity contribution in [2.45, 2.75) is 18.3 Å². The van der Waals surface area contributed by atoms with Crippen molar-refractivity contribution in [3.05, 3.63) is 47.8 Å². The van der Waals surface area contributed by atoms with Gasteiger partial charge < -0.3 is 9.80 Å². The molecule has 0 saturated carbocycles. The lowest BCUT2D eigenvalue weighted by atomic mass is 9.85. The number of carbonyl (C=O) groups excluding carboxylic acids is 1. The summed E-state index contributed by atoms with van der Waals surface area (Å²) in [5, 5.41) is 8.58. The van der Waals surface area contributed by atoms with E-state index in [1.54, 1.807) is 0 Å². The molecule has 2 N–H and O–H groups in total. The summed E-state index contributed by atoms with van der Waals surface area (Å²) < 4.78 is 37.9. The lowest BCUT2D eigenvalue weighted by molar-refractivity contribution is -0.137. The highest BCUT2D eigenvalue weighted by Crippen LogP contribution is 2.39. The van der Waals surface area contributed by atoms with E-state index in [2.05, 4.69) is 14.9 Å². The van der Waals surface area contributed by atoms with Crippen molar-refractivity contribution in [3.63, 3.8) is 0 Å². The number of amides is 1. The number of hydrogen-bond donors (Lipinski definition) is 2. The Balaban J connectivity index is 1.39. The van der Waals surface area contributed by atoms with E-state index in [9.17, 15) is 18.0 Å². The van der Waals surface area contributed by atoms with Crippen LogP contribution in [0.15, 0.2) is 36.7 Å². The van der Waals surface area contributed by atoms with Gasteiger partial charge in [-0.05, 0) is 24.3 Å². The number of anilines is 2. The minimum absolute atomic E-state index is 0.147. The molecule has 2 atom stereocenters. The van der Waals surface area contributed by atoms with Gasteiger partial charge in [-0.15, -0.1) is 0 Å². The number of nitrogens with zero attached hydrogens (tertiary/aromatic N) is 4. The molecule has 26 heavy (non-hydrogen) atoms. The molecule has 4 rings (SSSR count). The molecule has 2 aromatic rings. The third kappa shape index (κ3) is 2.62. The minimum Gasteiger partial charge on any atom is -0.362 e. The topological polar surface area (TPSA) is 81.6 Å². The number of halogens is 3. The van der Waals surface area contributed by atoms with E-state index in [0.717, 1.165) is 17.8 Å². The smallest absolute Gasteiger partial charge is 0.362 e. The molecule has 0 bridgehead atoms. The average molecular weight is 365 g/mol. The monoisotopic (exact) mass is 365 g/mol. The maximum atomic E-state index is 12.6. The zero-order valence-corrected chi connectivity index (χ0v) is 13.3. The number of aromatic nitrogens is 2. The average Bonchev–Trinajstić information content (AvgIpc) is 2.62. The summed E-state index contributed by atoms with van der Waals surface area (Å²) in [7, 11) is 0. The lowest BCUT2D eigenvalue weighted by Gasteiger charge is -2.62. The molecule has 0 radical (unpaired) electrons. The summed E-state index contributed by atoms with van der Waals surface area (Å²) in [6.07, 6.45) is -1.68. The Bertz CT molecular complexity index is 825. The summed E-state index contributed by atoms with van der Waals surface area (Å²) >= 11 is 0. The van der Waals surface area contributed by atoms with Crippen LogP contribution < -0.4 is 15.3 Å². The van der Waals surface area contributed by atoms with Gasteiger partial charge in [0.1, 0.15) is 0 Å². The van der Waals surface area contributed by atoms with Crippen LogP contribution in [0.4, 0.5) is 24.8 Å². The zero-order chi connectivity index (χ0) is 18.5. The molecule has 1 amide bonds. The van der Waals surface area contributed by atoms with E-state index in [4.69, 9.17) is 5.21 Å². The minimum atomic E-state index is -4.33. The van der Waals surface area contributed by atoms with Crippen LogP contribution in [-0.4, -0.2) is 46.3 Å². The maximum absolute atomic E-state index is 12.6. The Hall–Kier alpha value is -2.88. The predicted octanol–water partition coefficient (Wildman–Crippen LogP) is 1.69. The first-order valence-electron chi connectivity index (χ1n) is 7.85. The van der Waals surface area contributed by atoms with E-state index in [1.165, 1.54) is 30.0 Å². The molecule has 10 heteroatoms. The quantitative estimate of drug-likeness (QED) is 0.636. The van der Waals surface area contributed by atoms with E-state index in [1.807, 2.05) is 4.90 Å². The zero-order valence-electron chi connectivity index (χ0n) is 13.3. The molecule has 2 fully saturated rings. The third-order valence-electron chi connectivity index (χ3n) is 4.80. The fourth-order valence-electron chi connectivity index (χ4n) is 3.27. The number of nitrogens with one attached hydrogen (secondary N) is 1. The maximum Gasteiger partial charge on any atom is 0.416 e. The SMILES string of the molecule is O=C(NO)c1cnc(N2C[C@@H]3C2CN3c2ccc(C(F)(F)F)cc2)nc1. The molecule has 1 unspecified atom stereocenters. The summed E-state index contributed by atoms with van der Waals surface area (Å²) in [5.41, 5.74) is 1.76. The van der Waals surface area contributed by atoms with Crippen molar-refractivity contribution in [3.8, 4) is 0 Å². The number of piperazine rings is 1. The normalized spacial score (nSPS) is 21.5. The Labute approximate surface area is 146 Å². The molecule has 0 aliphatic carbocycles. The summed E-state index contributed by atoms with van der Waals surface area (Å²) in [5.74, 6) is -0.206. The van der Waals surface area contributed by atoms with Gasteiger partial charge in [-0.1, -0.05) is 0 Å². The van der Waals surface area contributed by atoms with Crippen LogP contribution in [0.5, 0.6) is 0 Å². The molecule has 2 saturated heterocycles. The number of carbonyl (C=O) groups is 1. The summed E-state index contributed by atoms with van der Waals surface area (Å²) in [4.78, 5) is 23.5. The number of hydroxylamine groups is 1. The molecule has 136 valence electrons. The van der Waals surface area contributed by atoms with Gasteiger partial charge in [-0.3, -0.25) is 10.0 Å². The van der Waals surface area contributed by atoms with Crippen molar-refractivity contribution < 1.29 is 23.2 Å². The molecule has 2 aliphatic rings. The molecule has 7 nitrogen and oxygen atoms in total. The Morgan fingerprint density at radius 3 is 2.15 bits per heavy atom. The van der Waals surface area contributed by atoms with Gasteiger partial charge in [0.15, 0.2) is 0 Å². The Morgan fingerprint density at radius 1 is 1.08 bits per heavy atom. The van der Waals surface area contributed by atoms with Crippen molar-refractivity contribution in [2.24, 2.45) is 0 Å². The highest BCUT2D eigenvalue weighted by molar-refractivity contribution is 5.92. The van der Waals surface area contributed by atoms with Gasteiger partial charge in [0.05, 0.1) is 23.2 Å². The molecule has 3 heterocycles. The highest BCUT2D eigenvalue weighted by Gasteiger charge is 2.52. The van der Waals surface area contributed by atoms with Crippen molar-refractivity contribution in [1.82, 2.24) is 15.4 Å². The molecule has 2 aliphatic heterocycles. The van der Waals surface area contributed by atoms with E-state index < -0.39 is 17.6 Å². The van der Waals surface area contributed by atoms with Crippen LogP contribution in [0.1, 0.15) is 15.9 Å². The first-order chi connectivity index (χ1) is 12.4. The van der Waals surface area contributed by atoms with Crippen molar-refractivity contribution >= 4 is 17.5 Å². The van der Waals surface area contributed by atoms with Crippen LogP contribution in [0.25, 0.3) is 0 Å². The molecular weight excluding hydrogens is 351 g/mol. The van der Waals surface area contributed by atoms with Gasteiger partial charge in [-0.25, -0.2) is 15.4 Å². The number of rotatable bonds is 3. The Kier molecular flexibility index (Phi) is 3.72. The number of alkyl halides is 3. The molecule has 1 aromatic carbocycles. The predicted molar refractivity (Wildman–Crippen MR) is 85.0 cm³/mol. The second kappa shape index (κ2) is 5.84. The lowest BCUT2D eigenvalue weighted by Crippen LogP contribution is -2.79. The van der Waals surface area contributed by atoms with Crippen LogP contribution in [-0.2, 0) is 6.18 Å². The second-order valence-corrected chi connectivity index (χ2v) is 6.20. The van der Waals surface area contributed by atoms with Crippen LogP contribution >= 0.6 is 0 Å². The van der Waals surface area contributed by atoms with E-state index in [-0.39, 0.29) is 17.6 Å². The fourth-order valence-corrected chi connectivity index (χ4v) is 3.27. The number of hydrogen-bond acceptors (Lipinski definition) is 6. The van der Waals surface area contributed by atoms with Gasteiger partial charge in [-0.2, -0.15) is 13.2 Å². The third-order valence-corrected chi connectivity index (χ3v) is 4.80. The second-order valence-electron chi connectivity index (χ2n) is 6.20. The number of fused-ring (bicyclic) bond motifs is 1. The van der Waals surface area contributed by atoms with E-state index >= 15 is 0 Å². The summed E-state index contributed by atoms with van der Waals surface area (Å²) in [6.45, 7) is 1.31. The molecule has 0 spiro atoms. The van der Waals surface area contributed by atoms with Crippen LogP contribution in [0, 0.1) is 0 Å².